The minimum Gasteiger partial charge on any atom is -0.369 e. The summed E-state index contributed by atoms with van der Waals surface area (Å²) in [6, 6.07) is 12.7. The number of pyridine rings is 1. The van der Waals surface area contributed by atoms with Crippen LogP contribution < -0.4 is 5.32 Å². The second kappa shape index (κ2) is 5.51. The van der Waals surface area contributed by atoms with Crippen LogP contribution in [0.5, 0.6) is 0 Å². The first-order valence-corrected chi connectivity index (χ1v) is 6.68. The van der Waals surface area contributed by atoms with E-state index in [0.29, 0.717) is 0 Å². The predicted molar refractivity (Wildman–Crippen MR) is 76.0 cm³/mol. The number of nitrogens with one attached hydrogen (secondary N) is 1. The smallest absolute Gasteiger partial charge is 0.112 e. The standard InChI is InChI=1S/C16H18N2O/c1-12-2-4-13(5-3-12)14-6-7-15(18-10-14)16-11-17-8-9-19-16/h2-7,10,16-17H,8-9,11H2,1H3. The Balaban J connectivity index is 1.80. The quantitative estimate of drug-likeness (QED) is 0.894. The van der Waals surface area contributed by atoms with Crippen LogP contribution in [0.1, 0.15) is 17.4 Å². The molecule has 3 rings (SSSR count). The van der Waals surface area contributed by atoms with E-state index in [2.05, 4.69) is 53.6 Å². The Morgan fingerprint density at radius 1 is 1.11 bits per heavy atom. The van der Waals surface area contributed by atoms with Crippen molar-refractivity contribution >= 4 is 0 Å². The van der Waals surface area contributed by atoms with Gasteiger partial charge in [0, 0.05) is 24.8 Å². The SMILES string of the molecule is Cc1ccc(-c2ccc(C3CNCCO3)nc2)cc1. The molecule has 0 aliphatic carbocycles. The Morgan fingerprint density at radius 2 is 1.89 bits per heavy atom. The molecule has 1 aromatic heterocycles. The van der Waals surface area contributed by atoms with E-state index in [1.54, 1.807) is 0 Å². The highest BCUT2D eigenvalue weighted by Crippen LogP contribution is 2.22. The van der Waals surface area contributed by atoms with Crippen molar-refractivity contribution in [1.29, 1.82) is 0 Å². The highest BCUT2D eigenvalue weighted by molar-refractivity contribution is 5.62. The average molecular weight is 254 g/mol. The lowest BCUT2D eigenvalue weighted by molar-refractivity contribution is 0.0250. The van der Waals surface area contributed by atoms with Crippen molar-refractivity contribution in [3.63, 3.8) is 0 Å². The molecule has 0 radical (unpaired) electrons. The van der Waals surface area contributed by atoms with Gasteiger partial charge in [-0.05, 0) is 18.6 Å². The maximum absolute atomic E-state index is 5.70. The second-order valence-electron chi connectivity index (χ2n) is 4.90. The van der Waals surface area contributed by atoms with Crippen molar-refractivity contribution in [3.05, 3.63) is 53.9 Å². The fourth-order valence-electron chi connectivity index (χ4n) is 2.27. The van der Waals surface area contributed by atoms with Gasteiger partial charge in [0.25, 0.3) is 0 Å². The summed E-state index contributed by atoms with van der Waals surface area (Å²) in [7, 11) is 0. The van der Waals surface area contributed by atoms with Gasteiger partial charge in [-0.25, -0.2) is 0 Å². The fourth-order valence-corrected chi connectivity index (χ4v) is 2.27. The molecule has 1 aliphatic rings. The number of ether oxygens (including phenoxy) is 1. The Labute approximate surface area is 113 Å². The van der Waals surface area contributed by atoms with Crippen LogP contribution in [0.15, 0.2) is 42.6 Å². The van der Waals surface area contributed by atoms with Gasteiger partial charge >= 0.3 is 0 Å². The maximum atomic E-state index is 5.70. The van der Waals surface area contributed by atoms with E-state index in [-0.39, 0.29) is 6.10 Å². The van der Waals surface area contributed by atoms with Gasteiger partial charge in [0.1, 0.15) is 6.10 Å². The molecule has 2 heterocycles. The van der Waals surface area contributed by atoms with Crippen LogP contribution in [0.25, 0.3) is 11.1 Å². The molecule has 0 bridgehead atoms. The maximum Gasteiger partial charge on any atom is 0.112 e. The van der Waals surface area contributed by atoms with Gasteiger partial charge in [-0.15, -0.1) is 0 Å². The molecule has 1 N–H and O–H groups in total. The number of morpholine rings is 1. The molecule has 1 atom stereocenters. The number of nitrogens with zero attached hydrogens (tertiary/aromatic N) is 1. The fraction of sp³-hybridized carbons (Fsp3) is 0.312. The monoisotopic (exact) mass is 254 g/mol. The lowest BCUT2D eigenvalue weighted by Gasteiger charge is -2.23. The third-order valence-electron chi connectivity index (χ3n) is 3.43. The second-order valence-corrected chi connectivity index (χ2v) is 4.90. The van der Waals surface area contributed by atoms with E-state index < -0.39 is 0 Å². The summed E-state index contributed by atoms with van der Waals surface area (Å²) >= 11 is 0. The summed E-state index contributed by atoms with van der Waals surface area (Å²) in [5.74, 6) is 0. The van der Waals surface area contributed by atoms with Crippen LogP contribution in [0.2, 0.25) is 0 Å². The van der Waals surface area contributed by atoms with Gasteiger partial charge in [0.2, 0.25) is 0 Å². The lowest BCUT2D eigenvalue weighted by atomic mass is 10.1. The summed E-state index contributed by atoms with van der Waals surface area (Å²) in [4.78, 5) is 4.54. The van der Waals surface area contributed by atoms with Crippen molar-refractivity contribution in [2.45, 2.75) is 13.0 Å². The zero-order valence-corrected chi connectivity index (χ0v) is 11.1. The van der Waals surface area contributed by atoms with Gasteiger partial charge in [0.05, 0.1) is 12.3 Å². The molecule has 98 valence electrons. The zero-order chi connectivity index (χ0) is 13.1. The molecule has 1 saturated heterocycles. The van der Waals surface area contributed by atoms with Crippen molar-refractivity contribution in [3.8, 4) is 11.1 Å². The van der Waals surface area contributed by atoms with Crippen molar-refractivity contribution in [2.75, 3.05) is 19.7 Å². The Morgan fingerprint density at radius 3 is 2.53 bits per heavy atom. The molecule has 1 unspecified atom stereocenters. The summed E-state index contributed by atoms with van der Waals surface area (Å²) in [5, 5.41) is 3.32. The first-order chi connectivity index (χ1) is 9.33. The van der Waals surface area contributed by atoms with Gasteiger partial charge in [0.15, 0.2) is 0 Å². The summed E-state index contributed by atoms with van der Waals surface area (Å²) in [5.41, 5.74) is 4.62. The molecule has 3 heteroatoms. The minimum absolute atomic E-state index is 0.0841. The first kappa shape index (κ1) is 12.3. The highest BCUT2D eigenvalue weighted by Gasteiger charge is 2.16. The Hall–Kier alpha value is -1.71. The molecule has 0 spiro atoms. The Kier molecular flexibility index (Phi) is 3.58. The molecule has 1 aliphatic heterocycles. The van der Waals surface area contributed by atoms with E-state index in [1.807, 2.05) is 6.20 Å². The number of benzene rings is 1. The molecule has 0 amide bonds. The largest absolute Gasteiger partial charge is 0.369 e. The molecule has 0 saturated carbocycles. The van der Waals surface area contributed by atoms with E-state index in [1.165, 1.54) is 11.1 Å². The summed E-state index contributed by atoms with van der Waals surface area (Å²) in [6.45, 7) is 4.62. The lowest BCUT2D eigenvalue weighted by Crippen LogP contribution is -2.33. The van der Waals surface area contributed by atoms with Gasteiger partial charge in [-0.2, -0.15) is 0 Å². The van der Waals surface area contributed by atoms with E-state index in [0.717, 1.165) is 31.0 Å². The molecular formula is C16H18N2O. The van der Waals surface area contributed by atoms with Crippen LogP contribution >= 0.6 is 0 Å². The molecule has 19 heavy (non-hydrogen) atoms. The van der Waals surface area contributed by atoms with Crippen LogP contribution in [0.4, 0.5) is 0 Å². The van der Waals surface area contributed by atoms with Gasteiger partial charge < -0.3 is 10.1 Å². The normalized spacial score (nSPS) is 19.3. The van der Waals surface area contributed by atoms with Crippen molar-refractivity contribution < 1.29 is 4.74 Å². The van der Waals surface area contributed by atoms with E-state index in [4.69, 9.17) is 4.74 Å². The Bertz CT molecular complexity index is 528. The molecular weight excluding hydrogens is 236 g/mol. The van der Waals surface area contributed by atoms with Gasteiger partial charge in [-0.1, -0.05) is 35.9 Å². The van der Waals surface area contributed by atoms with Crippen LogP contribution in [0.3, 0.4) is 0 Å². The van der Waals surface area contributed by atoms with Crippen LogP contribution in [-0.4, -0.2) is 24.7 Å². The molecule has 2 aromatic rings. The number of hydrogen-bond acceptors (Lipinski definition) is 3. The summed E-state index contributed by atoms with van der Waals surface area (Å²) < 4.78 is 5.70. The zero-order valence-electron chi connectivity index (χ0n) is 11.1. The topological polar surface area (TPSA) is 34.1 Å². The highest BCUT2D eigenvalue weighted by atomic mass is 16.5. The van der Waals surface area contributed by atoms with E-state index >= 15 is 0 Å². The molecule has 3 nitrogen and oxygen atoms in total. The number of aromatic nitrogens is 1. The van der Waals surface area contributed by atoms with Crippen LogP contribution in [0, 0.1) is 6.92 Å². The summed E-state index contributed by atoms with van der Waals surface area (Å²) in [6.07, 6.45) is 2.01. The number of rotatable bonds is 2. The van der Waals surface area contributed by atoms with Crippen molar-refractivity contribution in [1.82, 2.24) is 10.3 Å². The average Bonchev–Trinajstić information content (AvgIpc) is 2.49. The van der Waals surface area contributed by atoms with Crippen molar-refractivity contribution in [2.24, 2.45) is 0 Å². The van der Waals surface area contributed by atoms with Crippen LogP contribution in [-0.2, 0) is 4.74 Å². The molecule has 1 fully saturated rings. The minimum atomic E-state index is 0.0841. The number of aryl methyl sites for hydroxylation is 1. The third kappa shape index (κ3) is 2.83. The molecule has 1 aromatic carbocycles. The van der Waals surface area contributed by atoms with E-state index in [9.17, 15) is 0 Å². The first-order valence-electron chi connectivity index (χ1n) is 6.68. The third-order valence-corrected chi connectivity index (χ3v) is 3.43. The number of hydrogen-bond donors (Lipinski definition) is 1. The van der Waals surface area contributed by atoms with Gasteiger partial charge in [-0.3, -0.25) is 4.98 Å². The predicted octanol–water partition coefficient (Wildman–Crippen LogP) is 2.72.